The SMILES string of the molecule is C=C(Nc1ncc2cc(-c3cc(F)ccc3C)ccc2c1C)C1CC1. The third-order valence-corrected chi connectivity index (χ3v) is 5.00. The molecule has 1 aliphatic rings. The summed E-state index contributed by atoms with van der Waals surface area (Å²) in [6.07, 6.45) is 4.31. The molecule has 0 unspecified atom stereocenters. The lowest BCUT2D eigenvalue weighted by molar-refractivity contribution is 0.628. The number of benzene rings is 2. The average molecular weight is 332 g/mol. The molecule has 1 fully saturated rings. The van der Waals surface area contributed by atoms with Crippen LogP contribution in [0.3, 0.4) is 0 Å². The van der Waals surface area contributed by atoms with E-state index >= 15 is 0 Å². The second-order valence-corrected chi connectivity index (χ2v) is 6.92. The van der Waals surface area contributed by atoms with Crippen LogP contribution in [0.2, 0.25) is 0 Å². The molecule has 4 rings (SSSR count). The number of nitrogens with one attached hydrogen (secondary N) is 1. The third-order valence-electron chi connectivity index (χ3n) is 5.00. The van der Waals surface area contributed by atoms with Crippen molar-refractivity contribution in [1.29, 1.82) is 0 Å². The predicted octanol–water partition coefficient (Wildman–Crippen LogP) is 5.99. The highest BCUT2D eigenvalue weighted by atomic mass is 19.1. The van der Waals surface area contributed by atoms with E-state index in [1.165, 1.54) is 18.9 Å². The van der Waals surface area contributed by atoms with Crippen LogP contribution in [0.1, 0.15) is 24.0 Å². The molecule has 1 aliphatic carbocycles. The summed E-state index contributed by atoms with van der Waals surface area (Å²) >= 11 is 0. The lowest BCUT2D eigenvalue weighted by atomic mass is 9.97. The largest absolute Gasteiger partial charge is 0.344 e. The zero-order valence-corrected chi connectivity index (χ0v) is 14.6. The van der Waals surface area contributed by atoms with Gasteiger partial charge in [0.25, 0.3) is 0 Å². The van der Waals surface area contributed by atoms with Crippen molar-refractivity contribution in [3.05, 3.63) is 71.8 Å². The minimum absolute atomic E-state index is 0.215. The number of pyridine rings is 1. The van der Waals surface area contributed by atoms with Gasteiger partial charge >= 0.3 is 0 Å². The predicted molar refractivity (Wildman–Crippen MR) is 102 cm³/mol. The first-order valence-electron chi connectivity index (χ1n) is 8.64. The number of aromatic nitrogens is 1. The summed E-state index contributed by atoms with van der Waals surface area (Å²) in [7, 11) is 0. The average Bonchev–Trinajstić information content (AvgIpc) is 3.44. The molecular weight excluding hydrogens is 311 g/mol. The van der Waals surface area contributed by atoms with E-state index in [4.69, 9.17) is 0 Å². The van der Waals surface area contributed by atoms with Crippen LogP contribution in [0.5, 0.6) is 0 Å². The van der Waals surface area contributed by atoms with Gasteiger partial charge in [-0.1, -0.05) is 24.8 Å². The summed E-state index contributed by atoms with van der Waals surface area (Å²) in [6.45, 7) is 8.19. The van der Waals surface area contributed by atoms with Crippen molar-refractivity contribution in [1.82, 2.24) is 4.98 Å². The number of hydrogen-bond acceptors (Lipinski definition) is 2. The topological polar surface area (TPSA) is 24.9 Å². The molecule has 1 N–H and O–H groups in total. The first-order chi connectivity index (χ1) is 12.0. The second-order valence-electron chi connectivity index (χ2n) is 6.92. The lowest BCUT2D eigenvalue weighted by Gasteiger charge is -2.13. The van der Waals surface area contributed by atoms with Crippen LogP contribution in [0.15, 0.2) is 54.9 Å². The highest BCUT2D eigenvalue weighted by molar-refractivity contribution is 5.92. The quantitative estimate of drug-likeness (QED) is 0.634. The molecule has 0 saturated heterocycles. The van der Waals surface area contributed by atoms with Gasteiger partial charge in [-0.25, -0.2) is 9.37 Å². The Morgan fingerprint density at radius 3 is 2.72 bits per heavy atom. The van der Waals surface area contributed by atoms with E-state index in [1.54, 1.807) is 6.07 Å². The Hall–Kier alpha value is -2.68. The maximum absolute atomic E-state index is 13.6. The number of hydrogen-bond donors (Lipinski definition) is 1. The Bertz CT molecular complexity index is 987. The van der Waals surface area contributed by atoms with E-state index in [0.717, 1.165) is 44.5 Å². The molecular formula is C22H21FN2. The highest BCUT2D eigenvalue weighted by Gasteiger charge is 2.25. The summed E-state index contributed by atoms with van der Waals surface area (Å²) in [5.74, 6) is 1.25. The number of fused-ring (bicyclic) bond motifs is 1. The van der Waals surface area contributed by atoms with Gasteiger partial charge in [-0.05, 0) is 78.4 Å². The molecule has 0 amide bonds. The van der Waals surface area contributed by atoms with Gasteiger partial charge < -0.3 is 5.32 Å². The van der Waals surface area contributed by atoms with Crippen LogP contribution in [-0.4, -0.2) is 4.98 Å². The molecule has 126 valence electrons. The number of halogens is 1. The molecule has 25 heavy (non-hydrogen) atoms. The molecule has 1 heterocycles. The van der Waals surface area contributed by atoms with Crippen molar-refractivity contribution >= 4 is 16.6 Å². The number of aryl methyl sites for hydroxylation is 2. The Morgan fingerprint density at radius 1 is 1.16 bits per heavy atom. The Labute approximate surface area is 147 Å². The highest BCUT2D eigenvalue weighted by Crippen LogP contribution is 2.37. The third kappa shape index (κ3) is 3.02. The van der Waals surface area contributed by atoms with Gasteiger partial charge in [-0.3, -0.25) is 0 Å². The number of rotatable bonds is 4. The van der Waals surface area contributed by atoms with E-state index in [2.05, 4.69) is 42.0 Å². The molecule has 3 aromatic rings. The van der Waals surface area contributed by atoms with Crippen LogP contribution < -0.4 is 5.32 Å². The Kier molecular flexibility index (Phi) is 3.79. The molecule has 2 nitrogen and oxygen atoms in total. The molecule has 0 aliphatic heterocycles. The summed E-state index contributed by atoms with van der Waals surface area (Å²) in [5, 5.41) is 5.58. The van der Waals surface area contributed by atoms with Gasteiger partial charge in [-0.15, -0.1) is 0 Å². The molecule has 2 aromatic carbocycles. The van der Waals surface area contributed by atoms with Gasteiger partial charge in [-0.2, -0.15) is 0 Å². The maximum atomic E-state index is 13.6. The van der Waals surface area contributed by atoms with Crippen molar-refractivity contribution in [3.8, 4) is 11.1 Å². The van der Waals surface area contributed by atoms with E-state index in [9.17, 15) is 4.39 Å². The van der Waals surface area contributed by atoms with Crippen molar-refractivity contribution < 1.29 is 4.39 Å². The minimum atomic E-state index is -0.215. The van der Waals surface area contributed by atoms with Crippen LogP contribution >= 0.6 is 0 Å². The fourth-order valence-corrected chi connectivity index (χ4v) is 3.25. The Morgan fingerprint density at radius 2 is 1.96 bits per heavy atom. The zero-order valence-electron chi connectivity index (χ0n) is 14.6. The summed E-state index contributed by atoms with van der Waals surface area (Å²) in [5.41, 5.74) is 5.16. The fraction of sp³-hybridized carbons (Fsp3) is 0.227. The lowest BCUT2D eigenvalue weighted by Crippen LogP contribution is -2.03. The van der Waals surface area contributed by atoms with E-state index in [1.807, 2.05) is 19.2 Å². The smallest absolute Gasteiger partial charge is 0.133 e. The zero-order chi connectivity index (χ0) is 17.6. The van der Waals surface area contributed by atoms with Crippen molar-refractivity contribution in [3.63, 3.8) is 0 Å². The molecule has 0 radical (unpaired) electrons. The molecule has 1 aromatic heterocycles. The van der Waals surface area contributed by atoms with E-state index in [-0.39, 0.29) is 5.82 Å². The van der Waals surface area contributed by atoms with Crippen LogP contribution in [0.25, 0.3) is 21.9 Å². The maximum Gasteiger partial charge on any atom is 0.133 e. The van der Waals surface area contributed by atoms with Crippen molar-refractivity contribution in [2.75, 3.05) is 5.32 Å². The summed E-state index contributed by atoms with van der Waals surface area (Å²) in [6, 6.07) is 11.1. The normalized spacial score (nSPS) is 13.9. The molecule has 3 heteroatoms. The van der Waals surface area contributed by atoms with E-state index < -0.39 is 0 Å². The standard InChI is InChI=1S/C22H21FN2/c1-13-4-8-19(23)11-21(13)17-7-9-20-14(2)22(24-12-18(20)10-17)25-15(3)16-5-6-16/h4,7-12,16H,3,5-6H2,1-2H3,(H,24,25). The first kappa shape index (κ1) is 15.8. The van der Waals surface area contributed by atoms with Crippen LogP contribution in [0.4, 0.5) is 10.2 Å². The molecule has 0 bridgehead atoms. The van der Waals surface area contributed by atoms with E-state index in [0.29, 0.717) is 5.92 Å². The number of anilines is 1. The monoisotopic (exact) mass is 332 g/mol. The summed E-state index contributed by atoms with van der Waals surface area (Å²) in [4.78, 5) is 4.59. The van der Waals surface area contributed by atoms with Gasteiger partial charge in [0.15, 0.2) is 0 Å². The Balaban J connectivity index is 1.74. The van der Waals surface area contributed by atoms with Gasteiger partial charge in [0.1, 0.15) is 11.6 Å². The van der Waals surface area contributed by atoms with Crippen molar-refractivity contribution in [2.45, 2.75) is 26.7 Å². The fourth-order valence-electron chi connectivity index (χ4n) is 3.25. The van der Waals surface area contributed by atoms with Gasteiger partial charge in [0, 0.05) is 17.3 Å². The molecule has 0 atom stereocenters. The first-order valence-corrected chi connectivity index (χ1v) is 8.64. The van der Waals surface area contributed by atoms with Gasteiger partial charge in [0.05, 0.1) is 0 Å². The van der Waals surface area contributed by atoms with Crippen LogP contribution in [0, 0.1) is 25.6 Å². The van der Waals surface area contributed by atoms with Crippen LogP contribution in [-0.2, 0) is 0 Å². The number of nitrogens with zero attached hydrogens (tertiary/aromatic N) is 1. The minimum Gasteiger partial charge on any atom is -0.344 e. The molecule has 1 saturated carbocycles. The molecule has 0 spiro atoms. The van der Waals surface area contributed by atoms with Crippen molar-refractivity contribution in [2.24, 2.45) is 5.92 Å². The number of allylic oxidation sites excluding steroid dienone is 1. The van der Waals surface area contributed by atoms with Gasteiger partial charge in [0.2, 0.25) is 0 Å². The second kappa shape index (κ2) is 5.99. The summed E-state index contributed by atoms with van der Waals surface area (Å²) < 4.78 is 13.6.